The maximum absolute atomic E-state index is 13.3. The van der Waals surface area contributed by atoms with Crippen LogP contribution in [0.5, 0.6) is 0 Å². The summed E-state index contributed by atoms with van der Waals surface area (Å²) in [7, 11) is 0. The van der Waals surface area contributed by atoms with Gasteiger partial charge in [0.05, 0.1) is 0 Å². The fraction of sp³-hybridized carbons (Fsp3) is 0.571. The first-order valence-electron chi connectivity index (χ1n) is 6.58. The summed E-state index contributed by atoms with van der Waals surface area (Å²) in [6, 6.07) is 5.71. The van der Waals surface area contributed by atoms with Gasteiger partial charge in [0.1, 0.15) is 5.82 Å². The molecule has 1 unspecified atom stereocenters. The van der Waals surface area contributed by atoms with Gasteiger partial charge in [-0.1, -0.05) is 29.3 Å². The molecule has 0 saturated carbocycles. The summed E-state index contributed by atoms with van der Waals surface area (Å²) in [6.07, 6.45) is 2.42. The van der Waals surface area contributed by atoms with Gasteiger partial charge in [-0.3, -0.25) is 4.90 Å². The first kappa shape index (κ1) is 14.0. The van der Waals surface area contributed by atoms with Gasteiger partial charge in [-0.25, -0.2) is 4.39 Å². The van der Waals surface area contributed by atoms with Gasteiger partial charge in [-0.2, -0.15) is 0 Å². The van der Waals surface area contributed by atoms with Crippen LogP contribution in [0.2, 0.25) is 0 Å². The van der Waals surface area contributed by atoms with Crippen molar-refractivity contribution in [3.05, 3.63) is 34.1 Å². The van der Waals surface area contributed by atoms with Gasteiger partial charge >= 0.3 is 0 Å². The van der Waals surface area contributed by atoms with E-state index < -0.39 is 0 Å². The minimum absolute atomic E-state index is 0.167. The first-order valence-corrected chi connectivity index (χ1v) is 7.37. The molecule has 1 aromatic carbocycles. The molecule has 0 amide bonds. The van der Waals surface area contributed by atoms with Crippen molar-refractivity contribution in [3.63, 3.8) is 0 Å². The number of benzene rings is 1. The van der Waals surface area contributed by atoms with E-state index in [4.69, 9.17) is 0 Å². The molecule has 1 atom stereocenters. The van der Waals surface area contributed by atoms with E-state index in [1.807, 2.05) is 6.07 Å². The fourth-order valence-electron chi connectivity index (χ4n) is 2.54. The normalized spacial score (nSPS) is 21.2. The summed E-state index contributed by atoms with van der Waals surface area (Å²) in [5, 5.41) is 3.53. The van der Waals surface area contributed by atoms with E-state index in [-0.39, 0.29) is 5.82 Å². The van der Waals surface area contributed by atoms with Gasteiger partial charge in [0.25, 0.3) is 0 Å². The highest BCUT2D eigenvalue weighted by molar-refractivity contribution is 9.10. The van der Waals surface area contributed by atoms with E-state index in [9.17, 15) is 4.39 Å². The molecule has 0 radical (unpaired) electrons. The summed E-state index contributed by atoms with van der Waals surface area (Å²) < 4.78 is 14.1. The Bertz CT molecular complexity index is 375. The first-order chi connectivity index (χ1) is 8.67. The van der Waals surface area contributed by atoms with E-state index in [0.29, 0.717) is 6.04 Å². The van der Waals surface area contributed by atoms with Crippen molar-refractivity contribution in [2.45, 2.75) is 32.4 Å². The zero-order valence-electron chi connectivity index (χ0n) is 10.8. The summed E-state index contributed by atoms with van der Waals surface area (Å²) in [5.41, 5.74) is 1.04. The van der Waals surface area contributed by atoms with Crippen LogP contribution in [-0.4, -0.2) is 30.6 Å². The Labute approximate surface area is 117 Å². The van der Waals surface area contributed by atoms with Crippen LogP contribution in [0, 0.1) is 5.82 Å². The van der Waals surface area contributed by atoms with Crippen molar-refractivity contribution >= 4 is 15.9 Å². The Hall–Kier alpha value is -0.450. The van der Waals surface area contributed by atoms with Crippen LogP contribution in [-0.2, 0) is 6.54 Å². The lowest BCUT2D eigenvalue weighted by atomic mass is 10.1. The lowest BCUT2D eigenvalue weighted by molar-refractivity contribution is 0.186. The van der Waals surface area contributed by atoms with Gasteiger partial charge in [-0.05, 0) is 30.2 Å². The topological polar surface area (TPSA) is 15.3 Å². The molecule has 0 bridgehead atoms. The third kappa shape index (κ3) is 4.04. The highest BCUT2D eigenvalue weighted by atomic mass is 79.9. The van der Waals surface area contributed by atoms with Crippen molar-refractivity contribution in [2.24, 2.45) is 0 Å². The summed E-state index contributed by atoms with van der Waals surface area (Å²) in [4.78, 5) is 2.40. The van der Waals surface area contributed by atoms with Crippen LogP contribution in [0.1, 0.15) is 25.3 Å². The number of halogens is 2. The van der Waals surface area contributed by atoms with Crippen LogP contribution >= 0.6 is 15.9 Å². The largest absolute Gasteiger partial charge is 0.311 e. The van der Waals surface area contributed by atoms with Gasteiger partial charge in [-0.15, -0.1) is 0 Å². The second-order valence-electron chi connectivity index (χ2n) is 4.95. The predicted molar refractivity (Wildman–Crippen MR) is 76.1 cm³/mol. The molecule has 0 spiro atoms. The molecule has 1 saturated heterocycles. The zero-order valence-corrected chi connectivity index (χ0v) is 12.3. The van der Waals surface area contributed by atoms with E-state index in [0.717, 1.165) is 36.2 Å². The Morgan fingerprint density at radius 1 is 1.44 bits per heavy atom. The molecule has 2 nitrogen and oxygen atoms in total. The Balaban J connectivity index is 1.95. The molecule has 4 heteroatoms. The van der Waals surface area contributed by atoms with Gasteiger partial charge in [0.15, 0.2) is 0 Å². The van der Waals surface area contributed by atoms with Crippen LogP contribution in [0.15, 0.2) is 22.7 Å². The van der Waals surface area contributed by atoms with E-state index in [2.05, 4.69) is 33.1 Å². The summed E-state index contributed by atoms with van der Waals surface area (Å²) >= 11 is 3.34. The number of nitrogens with zero attached hydrogens (tertiary/aromatic N) is 1. The molecule has 18 heavy (non-hydrogen) atoms. The molecule has 1 aromatic rings. The maximum atomic E-state index is 13.3. The summed E-state index contributed by atoms with van der Waals surface area (Å²) in [6.45, 7) is 6.17. The standard InChI is InChI=1S/C14H20BrFN2/c1-2-3-14-10-18(5-4-17-14)9-11-6-12(15)8-13(16)7-11/h6-8,14,17H,2-5,9-10H2,1H3. The lowest BCUT2D eigenvalue weighted by Gasteiger charge is -2.33. The quantitative estimate of drug-likeness (QED) is 0.918. The van der Waals surface area contributed by atoms with Crippen molar-refractivity contribution in [3.8, 4) is 0 Å². The molecular weight excluding hydrogens is 295 g/mol. The molecule has 1 N–H and O–H groups in total. The second kappa shape index (κ2) is 6.64. The Kier molecular flexibility index (Phi) is 5.15. The average Bonchev–Trinajstić information content (AvgIpc) is 2.28. The molecular formula is C14H20BrFN2. The molecule has 1 aliphatic heterocycles. The molecule has 100 valence electrons. The highest BCUT2D eigenvalue weighted by Gasteiger charge is 2.18. The van der Waals surface area contributed by atoms with E-state index >= 15 is 0 Å². The average molecular weight is 315 g/mol. The van der Waals surface area contributed by atoms with Crippen molar-refractivity contribution in [1.29, 1.82) is 0 Å². The van der Waals surface area contributed by atoms with Crippen molar-refractivity contribution < 1.29 is 4.39 Å². The maximum Gasteiger partial charge on any atom is 0.124 e. The number of hydrogen-bond donors (Lipinski definition) is 1. The number of hydrogen-bond acceptors (Lipinski definition) is 2. The SMILES string of the molecule is CCCC1CN(Cc2cc(F)cc(Br)c2)CCN1. The highest BCUT2D eigenvalue weighted by Crippen LogP contribution is 2.17. The molecule has 1 fully saturated rings. The van der Waals surface area contributed by atoms with E-state index in [1.165, 1.54) is 18.9 Å². The minimum Gasteiger partial charge on any atom is -0.311 e. The third-order valence-corrected chi connectivity index (χ3v) is 3.76. The zero-order chi connectivity index (χ0) is 13.0. The number of nitrogens with one attached hydrogen (secondary N) is 1. The van der Waals surface area contributed by atoms with Gasteiger partial charge < -0.3 is 5.32 Å². The summed E-state index contributed by atoms with van der Waals surface area (Å²) in [5.74, 6) is -0.167. The predicted octanol–water partition coefficient (Wildman–Crippen LogP) is 3.16. The lowest BCUT2D eigenvalue weighted by Crippen LogP contribution is -2.50. The van der Waals surface area contributed by atoms with Gasteiger partial charge in [0, 0.05) is 36.7 Å². The number of rotatable bonds is 4. The van der Waals surface area contributed by atoms with Crippen LogP contribution < -0.4 is 5.32 Å². The second-order valence-corrected chi connectivity index (χ2v) is 5.87. The van der Waals surface area contributed by atoms with Crippen LogP contribution in [0.25, 0.3) is 0 Å². The van der Waals surface area contributed by atoms with Crippen molar-refractivity contribution in [1.82, 2.24) is 10.2 Å². The number of piperazine rings is 1. The van der Waals surface area contributed by atoms with Crippen molar-refractivity contribution in [2.75, 3.05) is 19.6 Å². The third-order valence-electron chi connectivity index (χ3n) is 3.31. The fourth-order valence-corrected chi connectivity index (χ4v) is 3.05. The molecule has 0 aliphatic carbocycles. The van der Waals surface area contributed by atoms with Crippen LogP contribution in [0.4, 0.5) is 4.39 Å². The van der Waals surface area contributed by atoms with Gasteiger partial charge in [0.2, 0.25) is 0 Å². The Morgan fingerprint density at radius 2 is 2.28 bits per heavy atom. The molecule has 1 aliphatic rings. The smallest absolute Gasteiger partial charge is 0.124 e. The van der Waals surface area contributed by atoms with Crippen LogP contribution in [0.3, 0.4) is 0 Å². The van der Waals surface area contributed by atoms with E-state index in [1.54, 1.807) is 6.07 Å². The molecule has 1 heterocycles. The monoisotopic (exact) mass is 314 g/mol. The Morgan fingerprint density at radius 3 is 3.00 bits per heavy atom. The molecule has 2 rings (SSSR count). The minimum atomic E-state index is -0.167. The molecule has 0 aromatic heterocycles.